The van der Waals surface area contributed by atoms with Crippen molar-refractivity contribution in [1.82, 2.24) is 4.90 Å². The van der Waals surface area contributed by atoms with Gasteiger partial charge in [-0.25, -0.2) is 12.8 Å². The van der Waals surface area contributed by atoms with Crippen LogP contribution >= 0.6 is 0 Å². The fraction of sp³-hybridized carbons (Fsp3) is 0.435. The molecule has 184 valence electrons. The van der Waals surface area contributed by atoms with Crippen molar-refractivity contribution in [2.24, 2.45) is 0 Å². The number of carbonyl (C=O) groups excluding carboxylic acids is 1. The molecule has 0 spiro atoms. The standard InChI is InChI=1S/C23H24F4N2O4S/c1-34(31,32)17-6-8-21(33-16-3-2-4-16)18(14-17)22(30)29-11-9-28(10-12-29)15-5-7-19(20(24)13-15)23(25,26)27/h5-8,13-14,16H,2-4,9-12H2,1H3. The average molecular weight is 501 g/mol. The number of sulfone groups is 1. The van der Waals surface area contributed by atoms with Crippen molar-refractivity contribution in [2.75, 3.05) is 37.3 Å². The lowest BCUT2D eigenvalue weighted by Gasteiger charge is -2.36. The van der Waals surface area contributed by atoms with E-state index in [0.29, 0.717) is 17.5 Å². The summed E-state index contributed by atoms with van der Waals surface area (Å²) < 4.78 is 82.4. The number of anilines is 1. The summed E-state index contributed by atoms with van der Waals surface area (Å²) in [6.07, 6.45) is -0.962. The summed E-state index contributed by atoms with van der Waals surface area (Å²) in [6.45, 7) is 1.02. The second-order valence-electron chi connectivity index (χ2n) is 8.54. The summed E-state index contributed by atoms with van der Waals surface area (Å²) in [5.41, 5.74) is -0.871. The molecular formula is C23H24F4N2O4S. The second kappa shape index (κ2) is 9.09. The van der Waals surface area contributed by atoms with E-state index in [9.17, 15) is 30.8 Å². The molecule has 1 aliphatic heterocycles. The lowest BCUT2D eigenvalue weighted by atomic mass is 9.96. The topological polar surface area (TPSA) is 66.9 Å². The molecule has 0 atom stereocenters. The van der Waals surface area contributed by atoms with Gasteiger partial charge in [0.15, 0.2) is 9.84 Å². The van der Waals surface area contributed by atoms with Crippen molar-refractivity contribution in [3.8, 4) is 5.75 Å². The van der Waals surface area contributed by atoms with E-state index in [4.69, 9.17) is 4.74 Å². The fourth-order valence-electron chi connectivity index (χ4n) is 3.95. The van der Waals surface area contributed by atoms with E-state index in [2.05, 4.69) is 0 Å². The van der Waals surface area contributed by atoms with Crippen LogP contribution in [0.4, 0.5) is 23.2 Å². The summed E-state index contributed by atoms with van der Waals surface area (Å²) in [7, 11) is -3.54. The van der Waals surface area contributed by atoms with E-state index in [0.717, 1.165) is 31.6 Å². The molecule has 0 aromatic heterocycles. The number of hydrogen-bond acceptors (Lipinski definition) is 5. The number of nitrogens with zero attached hydrogens (tertiary/aromatic N) is 2. The molecule has 0 radical (unpaired) electrons. The van der Waals surface area contributed by atoms with Crippen LogP contribution in [0.3, 0.4) is 0 Å². The Morgan fingerprint density at radius 2 is 1.71 bits per heavy atom. The molecule has 1 saturated heterocycles. The van der Waals surface area contributed by atoms with Crippen LogP contribution in [0.2, 0.25) is 0 Å². The second-order valence-corrected chi connectivity index (χ2v) is 10.6. The number of rotatable bonds is 5. The SMILES string of the molecule is CS(=O)(=O)c1ccc(OC2CCC2)c(C(=O)N2CCN(c3ccc(C(F)(F)F)c(F)c3)CC2)c1. The molecule has 1 saturated carbocycles. The highest BCUT2D eigenvalue weighted by Gasteiger charge is 2.34. The third kappa shape index (κ3) is 5.13. The average Bonchev–Trinajstić information content (AvgIpc) is 2.74. The van der Waals surface area contributed by atoms with Gasteiger partial charge in [0.1, 0.15) is 11.6 Å². The quantitative estimate of drug-likeness (QED) is 0.578. The third-order valence-corrected chi connectivity index (χ3v) is 7.26. The zero-order valence-electron chi connectivity index (χ0n) is 18.4. The molecule has 1 aliphatic carbocycles. The highest BCUT2D eigenvalue weighted by Crippen LogP contribution is 2.34. The number of alkyl halides is 3. The third-order valence-electron chi connectivity index (χ3n) is 6.15. The van der Waals surface area contributed by atoms with Gasteiger partial charge in [0, 0.05) is 38.1 Å². The first-order chi connectivity index (χ1) is 15.9. The zero-order valence-corrected chi connectivity index (χ0v) is 19.3. The Morgan fingerprint density at radius 1 is 1.03 bits per heavy atom. The number of hydrogen-bond donors (Lipinski definition) is 0. The molecule has 6 nitrogen and oxygen atoms in total. The van der Waals surface area contributed by atoms with Gasteiger partial charge in [0.2, 0.25) is 0 Å². The maximum atomic E-state index is 14.0. The van der Waals surface area contributed by atoms with E-state index in [1.54, 1.807) is 4.90 Å². The summed E-state index contributed by atoms with van der Waals surface area (Å²) in [5, 5.41) is 0. The van der Waals surface area contributed by atoms with Crippen molar-refractivity contribution in [3.63, 3.8) is 0 Å². The maximum absolute atomic E-state index is 14.0. The molecule has 4 rings (SSSR count). The van der Waals surface area contributed by atoms with Gasteiger partial charge >= 0.3 is 6.18 Å². The summed E-state index contributed by atoms with van der Waals surface area (Å²) in [5.74, 6) is -1.41. The van der Waals surface area contributed by atoms with Crippen molar-refractivity contribution in [3.05, 3.63) is 53.3 Å². The Balaban J connectivity index is 1.50. The molecule has 11 heteroatoms. The van der Waals surface area contributed by atoms with Crippen LogP contribution in [0.1, 0.15) is 35.2 Å². The molecular weight excluding hydrogens is 476 g/mol. The highest BCUT2D eigenvalue weighted by atomic mass is 32.2. The summed E-state index contributed by atoms with van der Waals surface area (Å²) in [6, 6.07) is 7.01. The van der Waals surface area contributed by atoms with Crippen LogP contribution in [0.5, 0.6) is 5.75 Å². The molecule has 0 unspecified atom stereocenters. The Bertz CT molecular complexity index is 1190. The predicted octanol–water partition coefficient (Wildman–Crippen LogP) is 4.14. The minimum absolute atomic E-state index is 0.00988. The Morgan fingerprint density at radius 3 is 2.24 bits per heavy atom. The van der Waals surface area contributed by atoms with E-state index >= 15 is 0 Å². The van der Waals surface area contributed by atoms with Crippen LogP contribution in [0.15, 0.2) is 41.3 Å². The molecule has 2 aliphatic rings. The number of ether oxygens (including phenoxy) is 1. The first kappa shape index (κ1) is 24.3. The van der Waals surface area contributed by atoms with Gasteiger partial charge in [0.05, 0.1) is 22.1 Å². The van der Waals surface area contributed by atoms with E-state index < -0.39 is 33.3 Å². The maximum Gasteiger partial charge on any atom is 0.419 e. The summed E-state index contributed by atoms with van der Waals surface area (Å²) >= 11 is 0. The van der Waals surface area contributed by atoms with Gasteiger partial charge in [-0.2, -0.15) is 13.2 Å². The molecule has 2 aromatic carbocycles. The molecule has 34 heavy (non-hydrogen) atoms. The van der Waals surface area contributed by atoms with Gasteiger partial charge in [0.25, 0.3) is 5.91 Å². The van der Waals surface area contributed by atoms with Crippen LogP contribution in [-0.2, 0) is 16.0 Å². The van der Waals surface area contributed by atoms with Crippen molar-refractivity contribution >= 4 is 21.4 Å². The van der Waals surface area contributed by atoms with Crippen LogP contribution in [0.25, 0.3) is 0 Å². The molecule has 1 amide bonds. The molecule has 2 fully saturated rings. The Labute approximate surface area is 195 Å². The van der Waals surface area contributed by atoms with Crippen LogP contribution < -0.4 is 9.64 Å². The normalized spacial score (nSPS) is 17.4. The molecule has 0 bridgehead atoms. The smallest absolute Gasteiger partial charge is 0.419 e. The van der Waals surface area contributed by atoms with Gasteiger partial charge in [-0.3, -0.25) is 4.79 Å². The van der Waals surface area contributed by atoms with Gasteiger partial charge < -0.3 is 14.5 Å². The number of carbonyl (C=O) groups is 1. The number of amides is 1. The zero-order chi connectivity index (χ0) is 24.7. The van der Waals surface area contributed by atoms with Crippen molar-refractivity contribution < 1.29 is 35.5 Å². The lowest BCUT2D eigenvalue weighted by Crippen LogP contribution is -2.49. The number of benzene rings is 2. The van der Waals surface area contributed by atoms with E-state index in [1.165, 1.54) is 29.2 Å². The number of halogens is 4. The van der Waals surface area contributed by atoms with Gasteiger partial charge in [-0.05, 0) is 55.7 Å². The van der Waals surface area contributed by atoms with Crippen molar-refractivity contribution in [1.29, 1.82) is 0 Å². The molecule has 2 aromatic rings. The number of piperazine rings is 1. The first-order valence-electron chi connectivity index (χ1n) is 10.9. The Hall–Kier alpha value is -2.82. The predicted molar refractivity (Wildman–Crippen MR) is 117 cm³/mol. The largest absolute Gasteiger partial charge is 0.490 e. The van der Waals surface area contributed by atoms with Gasteiger partial charge in [-0.1, -0.05) is 0 Å². The minimum atomic E-state index is -4.77. The summed E-state index contributed by atoms with van der Waals surface area (Å²) in [4.78, 5) is 16.5. The van der Waals surface area contributed by atoms with Crippen molar-refractivity contribution in [2.45, 2.75) is 36.4 Å². The Kier molecular flexibility index (Phi) is 6.50. The van der Waals surface area contributed by atoms with Gasteiger partial charge in [-0.15, -0.1) is 0 Å². The first-order valence-corrected chi connectivity index (χ1v) is 12.7. The van der Waals surface area contributed by atoms with Crippen LogP contribution in [0, 0.1) is 5.82 Å². The lowest BCUT2D eigenvalue weighted by molar-refractivity contribution is -0.139. The minimum Gasteiger partial charge on any atom is -0.490 e. The monoisotopic (exact) mass is 500 g/mol. The molecule has 1 heterocycles. The van der Waals surface area contributed by atoms with Crippen LogP contribution in [-0.4, -0.2) is 57.8 Å². The fourth-order valence-corrected chi connectivity index (χ4v) is 4.59. The van der Waals surface area contributed by atoms with E-state index in [-0.39, 0.29) is 42.7 Å². The van der Waals surface area contributed by atoms with E-state index in [1.807, 2.05) is 0 Å². The highest BCUT2D eigenvalue weighted by molar-refractivity contribution is 7.90. The molecule has 0 N–H and O–H groups in total.